The average molecular weight is 217 g/mol. The molecule has 16 heavy (non-hydrogen) atoms. The maximum Gasteiger partial charge on any atom is 0.170 e. The van der Waals surface area contributed by atoms with Gasteiger partial charge in [-0.2, -0.15) is 0 Å². The third-order valence-corrected chi connectivity index (χ3v) is 3.48. The minimum atomic E-state index is -0.102. The highest BCUT2D eigenvalue weighted by Crippen LogP contribution is 2.47. The Morgan fingerprint density at radius 1 is 1.38 bits per heavy atom. The van der Waals surface area contributed by atoms with Crippen LogP contribution in [0.25, 0.3) is 0 Å². The van der Waals surface area contributed by atoms with Gasteiger partial charge < -0.3 is 5.32 Å². The lowest BCUT2D eigenvalue weighted by Crippen LogP contribution is -2.28. The number of aryl methyl sites for hydroxylation is 2. The van der Waals surface area contributed by atoms with E-state index in [1.165, 1.54) is 5.56 Å². The van der Waals surface area contributed by atoms with E-state index in [2.05, 4.69) is 18.3 Å². The number of nitrogens with one attached hydrogen (secondary N) is 1. The Morgan fingerprint density at radius 3 is 2.56 bits per heavy atom. The van der Waals surface area contributed by atoms with Crippen LogP contribution in [0.2, 0.25) is 0 Å². The number of benzene rings is 1. The molecule has 0 aliphatic heterocycles. The quantitative estimate of drug-likeness (QED) is 0.785. The summed E-state index contributed by atoms with van der Waals surface area (Å²) in [5.41, 5.74) is 3.12. The molecule has 1 saturated carbocycles. The van der Waals surface area contributed by atoms with E-state index in [9.17, 15) is 4.79 Å². The van der Waals surface area contributed by atoms with Gasteiger partial charge in [0.15, 0.2) is 5.78 Å². The van der Waals surface area contributed by atoms with Crippen molar-refractivity contribution in [1.82, 2.24) is 5.32 Å². The zero-order valence-electron chi connectivity index (χ0n) is 10.3. The number of Topliss-reactive ketones (excluding diaryl/α,β-unsaturated/α-hetero) is 1. The van der Waals surface area contributed by atoms with Gasteiger partial charge in [0.05, 0.1) is 0 Å². The molecule has 0 unspecified atom stereocenters. The molecule has 1 aromatic carbocycles. The first-order chi connectivity index (χ1) is 7.59. The van der Waals surface area contributed by atoms with E-state index in [1.807, 2.05) is 26.1 Å². The predicted molar refractivity (Wildman–Crippen MR) is 65.8 cm³/mol. The molecule has 0 atom stereocenters. The molecule has 1 aliphatic carbocycles. The first-order valence-corrected chi connectivity index (χ1v) is 5.86. The molecule has 1 aliphatic rings. The molecule has 1 aromatic rings. The van der Waals surface area contributed by atoms with Crippen LogP contribution >= 0.6 is 0 Å². The van der Waals surface area contributed by atoms with Crippen LogP contribution in [0.1, 0.15) is 34.3 Å². The SMILES string of the molecule is CNCC1(C(=O)c2ccc(C)cc2C)CC1. The minimum Gasteiger partial charge on any atom is -0.319 e. The molecular formula is C14H19NO. The lowest BCUT2D eigenvalue weighted by atomic mass is 9.91. The van der Waals surface area contributed by atoms with Crippen LogP contribution in [0.3, 0.4) is 0 Å². The molecule has 0 spiro atoms. The van der Waals surface area contributed by atoms with Gasteiger partial charge >= 0.3 is 0 Å². The van der Waals surface area contributed by atoms with Gasteiger partial charge in [0, 0.05) is 17.5 Å². The maximum atomic E-state index is 12.4. The average Bonchev–Trinajstić information content (AvgIpc) is 2.99. The van der Waals surface area contributed by atoms with Crippen LogP contribution in [-0.4, -0.2) is 19.4 Å². The second-order valence-electron chi connectivity index (χ2n) is 4.96. The van der Waals surface area contributed by atoms with Crippen molar-refractivity contribution in [2.45, 2.75) is 26.7 Å². The van der Waals surface area contributed by atoms with Crippen LogP contribution in [0, 0.1) is 19.3 Å². The zero-order valence-corrected chi connectivity index (χ0v) is 10.3. The molecule has 1 N–H and O–H groups in total. The second kappa shape index (κ2) is 4.02. The zero-order chi connectivity index (χ0) is 11.8. The Morgan fingerprint density at radius 2 is 2.06 bits per heavy atom. The standard InChI is InChI=1S/C14H19NO/c1-10-4-5-12(11(2)8-10)13(16)14(6-7-14)9-15-3/h4-5,8,15H,6-7,9H2,1-3H3. The van der Waals surface area contributed by atoms with Gasteiger partial charge in [-0.3, -0.25) is 4.79 Å². The Labute approximate surface area is 97.1 Å². The first-order valence-electron chi connectivity index (χ1n) is 5.86. The Hall–Kier alpha value is -1.15. The van der Waals surface area contributed by atoms with E-state index in [4.69, 9.17) is 0 Å². The monoisotopic (exact) mass is 217 g/mol. The number of hydrogen-bond acceptors (Lipinski definition) is 2. The molecule has 2 rings (SSSR count). The van der Waals surface area contributed by atoms with Gasteiger partial charge in [0.2, 0.25) is 0 Å². The topological polar surface area (TPSA) is 29.1 Å². The number of hydrogen-bond donors (Lipinski definition) is 1. The first kappa shape index (κ1) is 11.3. The summed E-state index contributed by atoms with van der Waals surface area (Å²) in [6, 6.07) is 6.08. The maximum absolute atomic E-state index is 12.4. The molecule has 0 aromatic heterocycles. The molecule has 0 amide bonds. The number of rotatable bonds is 4. The van der Waals surface area contributed by atoms with Crippen molar-refractivity contribution in [3.63, 3.8) is 0 Å². The van der Waals surface area contributed by atoms with E-state index in [-0.39, 0.29) is 5.41 Å². The van der Waals surface area contributed by atoms with Crippen LogP contribution in [0.15, 0.2) is 18.2 Å². The van der Waals surface area contributed by atoms with Gasteiger partial charge in [-0.15, -0.1) is 0 Å². The van der Waals surface area contributed by atoms with E-state index < -0.39 is 0 Å². The van der Waals surface area contributed by atoms with Crippen molar-refractivity contribution in [2.24, 2.45) is 5.41 Å². The highest BCUT2D eigenvalue weighted by Gasteiger charge is 2.49. The fourth-order valence-electron chi connectivity index (χ4n) is 2.33. The van der Waals surface area contributed by atoms with Crippen LogP contribution in [-0.2, 0) is 0 Å². The van der Waals surface area contributed by atoms with E-state index in [1.54, 1.807) is 0 Å². The fraction of sp³-hybridized carbons (Fsp3) is 0.500. The van der Waals surface area contributed by atoms with Crippen molar-refractivity contribution >= 4 is 5.78 Å². The third kappa shape index (κ3) is 1.90. The number of carbonyl (C=O) groups is 1. The van der Waals surface area contributed by atoms with Crippen LogP contribution in [0.5, 0.6) is 0 Å². The summed E-state index contributed by atoms with van der Waals surface area (Å²) in [4.78, 5) is 12.4. The van der Waals surface area contributed by atoms with E-state index >= 15 is 0 Å². The Kier molecular flexibility index (Phi) is 2.85. The van der Waals surface area contributed by atoms with E-state index in [0.29, 0.717) is 5.78 Å². The molecule has 0 saturated heterocycles. The number of ketones is 1. The van der Waals surface area contributed by atoms with Gasteiger partial charge in [-0.25, -0.2) is 0 Å². The molecule has 0 radical (unpaired) electrons. The summed E-state index contributed by atoms with van der Waals surface area (Å²) in [6.45, 7) is 4.89. The lowest BCUT2D eigenvalue weighted by molar-refractivity contribution is 0.0899. The molecule has 1 fully saturated rings. The van der Waals surface area contributed by atoms with Crippen molar-refractivity contribution in [2.75, 3.05) is 13.6 Å². The number of carbonyl (C=O) groups excluding carboxylic acids is 1. The Bertz CT molecular complexity index is 419. The van der Waals surface area contributed by atoms with Gasteiger partial charge in [0.25, 0.3) is 0 Å². The second-order valence-corrected chi connectivity index (χ2v) is 4.96. The minimum absolute atomic E-state index is 0.102. The van der Waals surface area contributed by atoms with Gasteiger partial charge in [-0.1, -0.05) is 23.8 Å². The molecule has 86 valence electrons. The van der Waals surface area contributed by atoms with E-state index in [0.717, 1.165) is 30.5 Å². The highest BCUT2D eigenvalue weighted by atomic mass is 16.1. The van der Waals surface area contributed by atoms with Crippen molar-refractivity contribution < 1.29 is 4.79 Å². The molecule has 2 heteroatoms. The largest absolute Gasteiger partial charge is 0.319 e. The predicted octanol–water partition coefficient (Wildman–Crippen LogP) is 2.49. The summed E-state index contributed by atoms with van der Waals surface area (Å²) in [6.07, 6.45) is 2.06. The fourth-order valence-corrected chi connectivity index (χ4v) is 2.33. The molecule has 0 bridgehead atoms. The summed E-state index contributed by atoms with van der Waals surface area (Å²) < 4.78 is 0. The summed E-state index contributed by atoms with van der Waals surface area (Å²) in [5.74, 6) is 0.319. The smallest absolute Gasteiger partial charge is 0.170 e. The van der Waals surface area contributed by atoms with Gasteiger partial charge in [0.1, 0.15) is 0 Å². The lowest BCUT2D eigenvalue weighted by Gasteiger charge is -2.15. The van der Waals surface area contributed by atoms with Crippen molar-refractivity contribution in [3.05, 3.63) is 34.9 Å². The van der Waals surface area contributed by atoms with Gasteiger partial charge in [-0.05, 0) is 39.3 Å². The molecule has 0 heterocycles. The summed E-state index contributed by atoms with van der Waals surface area (Å²) >= 11 is 0. The van der Waals surface area contributed by atoms with Crippen molar-refractivity contribution in [3.8, 4) is 0 Å². The molecule has 2 nitrogen and oxygen atoms in total. The van der Waals surface area contributed by atoms with Crippen molar-refractivity contribution in [1.29, 1.82) is 0 Å². The highest BCUT2D eigenvalue weighted by molar-refractivity contribution is 6.03. The third-order valence-electron chi connectivity index (χ3n) is 3.48. The summed E-state index contributed by atoms with van der Waals surface area (Å²) in [7, 11) is 1.91. The molecular weight excluding hydrogens is 198 g/mol. The van der Waals surface area contributed by atoms with Crippen LogP contribution in [0.4, 0.5) is 0 Å². The van der Waals surface area contributed by atoms with Crippen LogP contribution < -0.4 is 5.32 Å². The Balaban J connectivity index is 2.28. The summed E-state index contributed by atoms with van der Waals surface area (Å²) in [5, 5.41) is 3.13. The normalized spacial score (nSPS) is 17.2.